The number of aryl methyl sites for hydroxylation is 1. The number of hydrogen-bond acceptors (Lipinski definition) is 3. The van der Waals surface area contributed by atoms with Gasteiger partial charge in [-0.15, -0.1) is 0 Å². The first kappa shape index (κ1) is 18.0. The van der Waals surface area contributed by atoms with Gasteiger partial charge in [-0.25, -0.2) is 0 Å². The van der Waals surface area contributed by atoms with E-state index >= 15 is 0 Å². The maximum atomic E-state index is 13.3. The Morgan fingerprint density at radius 2 is 2.04 bits per heavy atom. The van der Waals surface area contributed by atoms with E-state index in [0.717, 1.165) is 0 Å². The highest BCUT2D eigenvalue weighted by Gasteiger charge is 2.43. The number of carbonyl (C=O) groups is 1. The zero-order chi connectivity index (χ0) is 17.9. The van der Waals surface area contributed by atoms with Crippen molar-refractivity contribution in [3.8, 4) is 0 Å². The molecule has 0 aliphatic carbocycles. The summed E-state index contributed by atoms with van der Waals surface area (Å²) in [6.45, 7) is 3.99. The van der Waals surface area contributed by atoms with Gasteiger partial charge in [-0.05, 0) is 30.5 Å². The Morgan fingerprint density at radius 1 is 1.33 bits per heavy atom. The molecule has 5 nitrogen and oxygen atoms in total. The van der Waals surface area contributed by atoms with Gasteiger partial charge in [0.25, 0.3) is 5.91 Å². The van der Waals surface area contributed by atoms with Crippen LogP contribution in [0.2, 0.25) is 0 Å². The number of hydrogen-bond donors (Lipinski definition) is 1. The normalized spacial score (nSPS) is 13.1. The molecule has 0 spiro atoms. The molecule has 1 amide bonds. The van der Waals surface area contributed by atoms with E-state index in [-0.39, 0.29) is 11.4 Å². The van der Waals surface area contributed by atoms with E-state index in [2.05, 4.69) is 10.1 Å². The van der Waals surface area contributed by atoms with Gasteiger partial charge in [-0.2, -0.15) is 18.3 Å². The molecule has 0 aliphatic rings. The second kappa shape index (κ2) is 7.02. The predicted molar refractivity (Wildman–Crippen MR) is 82.2 cm³/mol. The number of halogens is 3. The van der Waals surface area contributed by atoms with Crippen molar-refractivity contribution in [2.45, 2.75) is 32.5 Å². The minimum absolute atomic E-state index is 0.0795. The predicted octanol–water partition coefficient (Wildman–Crippen LogP) is 3.05. The molecule has 1 atom stereocenters. The van der Waals surface area contributed by atoms with Gasteiger partial charge in [-0.1, -0.05) is 19.9 Å². The Hall–Kier alpha value is -2.38. The third-order valence-corrected chi connectivity index (χ3v) is 3.37. The van der Waals surface area contributed by atoms with E-state index in [1.807, 2.05) is 19.2 Å². The third kappa shape index (κ3) is 4.33. The van der Waals surface area contributed by atoms with E-state index in [4.69, 9.17) is 0 Å². The molecular formula is C16H19F3N4O. The van der Waals surface area contributed by atoms with Crippen LogP contribution in [0, 0.1) is 5.92 Å². The smallest absolute Gasteiger partial charge is 0.334 e. The standard InChI is InChI=1S/C16H19F3N4O/c1-10(2)8-11-9-13(23(3)22-11)15(24)21-14(16(17,18)19)12-6-4-5-7-20-12/h4-7,9-10,14H,8H2,1-3H3,(H,21,24). The zero-order valence-electron chi connectivity index (χ0n) is 13.6. The van der Waals surface area contributed by atoms with Crippen LogP contribution < -0.4 is 5.32 Å². The molecule has 130 valence electrons. The number of aromatic nitrogens is 3. The molecule has 2 aromatic rings. The van der Waals surface area contributed by atoms with Gasteiger partial charge in [0, 0.05) is 13.2 Å². The Morgan fingerprint density at radius 3 is 2.58 bits per heavy atom. The van der Waals surface area contributed by atoms with E-state index in [1.165, 1.54) is 42.2 Å². The minimum atomic E-state index is -4.65. The van der Waals surface area contributed by atoms with E-state index in [0.29, 0.717) is 18.0 Å². The lowest BCUT2D eigenvalue weighted by Gasteiger charge is -2.21. The van der Waals surface area contributed by atoms with Gasteiger partial charge < -0.3 is 5.32 Å². The fourth-order valence-electron chi connectivity index (χ4n) is 2.33. The summed E-state index contributed by atoms with van der Waals surface area (Å²) in [6, 6.07) is 3.53. The minimum Gasteiger partial charge on any atom is -0.334 e. The first-order valence-electron chi connectivity index (χ1n) is 7.50. The van der Waals surface area contributed by atoms with Gasteiger partial charge in [0.05, 0.1) is 11.4 Å². The fraction of sp³-hybridized carbons (Fsp3) is 0.438. The van der Waals surface area contributed by atoms with Crippen LogP contribution in [-0.4, -0.2) is 26.8 Å². The maximum absolute atomic E-state index is 13.3. The van der Waals surface area contributed by atoms with Crippen molar-refractivity contribution < 1.29 is 18.0 Å². The maximum Gasteiger partial charge on any atom is 0.414 e. The molecule has 0 saturated heterocycles. The zero-order valence-corrected chi connectivity index (χ0v) is 13.6. The molecule has 2 rings (SSSR count). The number of nitrogens with one attached hydrogen (secondary N) is 1. The number of carbonyl (C=O) groups excluding carboxylic acids is 1. The van der Waals surface area contributed by atoms with Crippen molar-refractivity contribution in [3.05, 3.63) is 47.5 Å². The van der Waals surface area contributed by atoms with Crippen LogP contribution in [0.15, 0.2) is 30.5 Å². The van der Waals surface area contributed by atoms with Crippen molar-refractivity contribution in [1.29, 1.82) is 0 Å². The molecule has 2 heterocycles. The summed E-state index contributed by atoms with van der Waals surface area (Å²) in [7, 11) is 1.53. The quantitative estimate of drug-likeness (QED) is 0.910. The molecular weight excluding hydrogens is 321 g/mol. The number of amides is 1. The molecule has 1 unspecified atom stereocenters. The fourth-order valence-corrected chi connectivity index (χ4v) is 2.33. The van der Waals surface area contributed by atoms with Crippen LogP contribution in [0.25, 0.3) is 0 Å². The molecule has 0 bridgehead atoms. The summed E-state index contributed by atoms with van der Waals surface area (Å²) in [6.07, 6.45) is -2.75. The third-order valence-electron chi connectivity index (χ3n) is 3.37. The Bertz CT molecular complexity index is 695. The Kier molecular flexibility index (Phi) is 5.26. The van der Waals surface area contributed by atoms with E-state index < -0.39 is 18.1 Å². The van der Waals surface area contributed by atoms with Gasteiger partial charge >= 0.3 is 6.18 Å². The highest BCUT2D eigenvalue weighted by Crippen LogP contribution is 2.31. The summed E-state index contributed by atoms with van der Waals surface area (Å²) in [5.41, 5.74) is 0.484. The lowest BCUT2D eigenvalue weighted by Crippen LogP contribution is -2.39. The second-order valence-electron chi connectivity index (χ2n) is 5.95. The Labute approximate surface area is 137 Å². The van der Waals surface area contributed by atoms with Crippen molar-refractivity contribution in [3.63, 3.8) is 0 Å². The summed E-state index contributed by atoms with van der Waals surface area (Å²) in [4.78, 5) is 16.0. The molecule has 1 N–H and O–H groups in total. The molecule has 0 radical (unpaired) electrons. The monoisotopic (exact) mass is 340 g/mol. The molecule has 0 aliphatic heterocycles. The van der Waals surface area contributed by atoms with Gasteiger partial charge in [0.2, 0.25) is 0 Å². The van der Waals surface area contributed by atoms with Crippen LogP contribution in [0.5, 0.6) is 0 Å². The number of rotatable bonds is 5. The first-order chi connectivity index (χ1) is 11.2. The van der Waals surface area contributed by atoms with Crippen LogP contribution >= 0.6 is 0 Å². The molecule has 24 heavy (non-hydrogen) atoms. The summed E-state index contributed by atoms with van der Waals surface area (Å²) < 4.78 is 41.1. The van der Waals surface area contributed by atoms with Crippen molar-refractivity contribution in [1.82, 2.24) is 20.1 Å². The number of alkyl halides is 3. The molecule has 0 fully saturated rings. The highest BCUT2D eigenvalue weighted by molar-refractivity contribution is 5.93. The molecule has 0 saturated carbocycles. The van der Waals surface area contributed by atoms with Crippen molar-refractivity contribution >= 4 is 5.91 Å². The average molecular weight is 340 g/mol. The average Bonchev–Trinajstić information content (AvgIpc) is 2.84. The molecule has 2 aromatic heterocycles. The van der Waals surface area contributed by atoms with Crippen LogP contribution in [0.4, 0.5) is 13.2 Å². The highest BCUT2D eigenvalue weighted by atomic mass is 19.4. The molecule has 0 aromatic carbocycles. The lowest BCUT2D eigenvalue weighted by molar-refractivity contribution is -0.156. The van der Waals surface area contributed by atoms with Gasteiger partial charge in [-0.3, -0.25) is 14.5 Å². The summed E-state index contributed by atoms with van der Waals surface area (Å²) in [5.74, 6) is -0.514. The van der Waals surface area contributed by atoms with E-state index in [1.54, 1.807) is 0 Å². The van der Waals surface area contributed by atoms with Crippen molar-refractivity contribution in [2.75, 3.05) is 0 Å². The van der Waals surface area contributed by atoms with Crippen molar-refractivity contribution in [2.24, 2.45) is 13.0 Å². The van der Waals surface area contributed by atoms with Crippen LogP contribution in [-0.2, 0) is 13.5 Å². The number of pyridine rings is 1. The van der Waals surface area contributed by atoms with Crippen LogP contribution in [0.3, 0.4) is 0 Å². The van der Waals surface area contributed by atoms with E-state index in [9.17, 15) is 18.0 Å². The topological polar surface area (TPSA) is 59.8 Å². The summed E-state index contributed by atoms with van der Waals surface area (Å²) in [5, 5.41) is 6.18. The SMILES string of the molecule is CC(C)Cc1cc(C(=O)NC(c2ccccn2)C(F)(F)F)n(C)n1. The number of nitrogens with zero attached hydrogens (tertiary/aromatic N) is 3. The molecule has 8 heteroatoms. The van der Waals surface area contributed by atoms with Crippen LogP contribution in [0.1, 0.15) is 41.8 Å². The van der Waals surface area contributed by atoms with Gasteiger partial charge in [0.15, 0.2) is 6.04 Å². The Balaban J connectivity index is 2.24. The second-order valence-corrected chi connectivity index (χ2v) is 5.95. The first-order valence-corrected chi connectivity index (χ1v) is 7.50. The largest absolute Gasteiger partial charge is 0.414 e. The lowest BCUT2D eigenvalue weighted by atomic mass is 10.1. The summed E-state index contributed by atoms with van der Waals surface area (Å²) >= 11 is 0. The van der Waals surface area contributed by atoms with Gasteiger partial charge in [0.1, 0.15) is 5.69 Å².